The molecule has 0 unspecified atom stereocenters. The van der Waals surface area contributed by atoms with Crippen molar-refractivity contribution in [2.24, 2.45) is 11.3 Å². The topological polar surface area (TPSA) is 26.3 Å². The highest BCUT2D eigenvalue weighted by Gasteiger charge is 2.48. The summed E-state index contributed by atoms with van der Waals surface area (Å²) in [6, 6.07) is 0. The van der Waals surface area contributed by atoms with Crippen molar-refractivity contribution < 1.29 is 9.53 Å². The Hall–Kier alpha value is -0.790. The van der Waals surface area contributed by atoms with Crippen LogP contribution in [-0.4, -0.2) is 11.4 Å². The summed E-state index contributed by atoms with van der Waals surface area (Å²) < 4.78 is 6.02. The van der Waals surface area contributed by atoms with Gasteiger partial charge in [0.05, 0.1) is 0 Å². The highest BCUT2D eigenvalue weighted by molar-refractivity contribution is 5.98. The molecule has 1 aliphatic heterocycles. The standard InChI is InChI=1S/C14H22O2/c1-6-9-12-10(15)7-13(2,3)8-11(12)16-14(9,4)5/h9H,6-8H2,1-5H3/t9-/m1/s1. The van der Waals surface area contributed by atoms with Crippen molar-refractivity contribution in [3.63, 3.8) is 0 Å². The molecule has 0 saturated heterocycles. The van der Waals surface area contributed by atoms with Crippen molar-refractivity contribution in [2.45, 2.75) is 59.5 Å². The van der Waals surface area contributed by atoms with Gasteiger partial charge in [0.25, 0.3) is 0 Å². The first-order valence-corrected chi connectivity index (χ1v) is 6.22. The van der Waals surface area contributed by atoms with E-state index >= 15 is 0 Å². The van der Waals surface area contributed by atoms with Gasteiger partial charge in [0.2, 0.25) is 0 Å². The van der Waals surface area contributed by atoms with Crippen LogP contribution in [0.2, 0.25) is 0 Å². The summed E-state index contributed by atoms with van der Waals surface area (Å²) in [5, 5.41) is 0. The molecular formula is C14H22O2. The van der Waals surface area contributed by atoms with Crippen LogP contribution >= 0.6 is 0 Å². The van der Waals surface area contributed by atoms with E-state index < -0.39 is 0 Å². The van der Waals surface area contributed by atoms with E-state index in [1.165, 1.54) is 0 Å². The van der Waals surface area contributed by atoms with Gasteiger partial charge in [0.1, 0.15) is 11.4 Å². The van der Waals surface area contributed by atoms with Gasteiger partial charge < -0.3 is 4.74 Å². The lowest BCUT2D eigenvalue weighted by molar-refractivity contribution is -0.118. The quantitative estimate of drug-likeness (QED) is 0.679. The summed E-state index contributed by atoms with van der Waals surface area (Å²) >= 11 is 0. The average Bonchev–Trinajstić information content (AvgIpc) is 2.32. The van der Waals surface area contributed by atoms with Crippen LogP contribution in [0, 0.1) is 11.3 Å². The Morgan fingerprint density at radius 1 is 1.25 bits per heavy atom. The van der Waals surface area contributed by atoms with Crippen LogP contribution in [0.1, 0.15) is 53.9 Å². The molecule has 2 nitrogen and oxygen atoms in total. The largest absolute Gasteiger partial charge is 0.491 e. The van der Waals surface area contributed by atoms with E-state index in [2.05, 4.69) is 34.6 Å². The van der Waals surface area contributed by atoms with Crippen LogP contribution in [0.3, 0.4) is 0 Å². The van der Waals surface area contributed by atoms with E-state index in [1.54, 1.807) is 0 Å². The van der Waals surface area contributed by atoms with Crippen LogP contribution in [0.25, 0.3) is 0 Å². The van der Waals surface area contributed by atoms with Crippen LogP contribution in [0.15, 0.2) is 11.3 Å². The van der Waals surface area contributed by atoms with E-state index in [0.717, 1.165) is 24.2 Å². The number of carbonyl (C=O) groups excluding carboxylic acids is 1. The first-order valence-electron chi connectivity index (χ1n) is 6.22. The second-order valence-corrected chi connectivity index (χ2v) is 6.44. The van der Waals surface area contributed by atoms with E-state index in [1.807, 2.05) is 0 Å². The number of ether oxygens (including phenoxy) is 1. The summed E-state index contributed by atoms with van der Waals surface area (Å²) in [4.78, 5) is 12.2. The maximum Gasteiger partial charge on any atom is 0.163 e. The zero-order chi connectivity index (χ0) is 12.1. The van der Waals surface area contributed by atoms with Gasteiger partial charge in [-0.15, -0.1) is 0 Å². The van der Waals surface area contributed by atoms with Crippen LogP contribution in [0.5, 0.6) is 0 Å². The lowest BCUT2D eigenvalue weighted by Crippen LogP contribution is -2.31. The minimum Gasteiger partial charge on any atom is -0.491 e. The molecule has 2 aliphatic rings. The second-order valence-electron chi connectivity index (χ2n) is 6.44. The number of allylic oxidation sites excluding steroid dienone is 1. The number of hydrogen-bond acceptors (Lipinski definition) is 2. The molecule has 0 aromatic rings. The van der Waals surface area contributed by atoms with Gasteiger partial charge in [-0.3, -0.25) is 4.79 Å². The number of carbonyl (C=O) groups is 1. The number of rotatable bonds is 1. The lowest BCUT2D eigenvalue weighted by Gasteiger charge is -2.29. The fourth-order valence-electron chi connectivity index (χ4n) is 3.19. The smallest absolute Gasteiger partial charge is 0.163 e. The van der Waals surface area contributed by atoms with Crippen molar-refractivity contribution in [1.29, 1.82) is 0 Å². The summed E-state index contributed by atoms with van der Waals surface area (Å²) in [7, 11) is 0. The van der Waals surface area contributed by atoms with Gasteiger partial charge in [0.15, 0.2) is 5.78 Å². The minimum absolute atomic E-state index is 0.0641. The number of hydrogen-bond donors (Lipinski definition) is 0. The zero-order valence-corrected chi connectivity index (χ0v) is 11.0. The highest BCUT2D eigenvalue weighted by Crippen LogP contribution is 2.49. The fraction of sp³-hybridized carbons (Fsp3) is 0.786. The minimum atomic E-state index is -0.199. The van der Waals surface area contributed by atoms with Gasteiger partial charge in [0, 0.05) is 24.3 Å². The van der Waals surface area contributed by atoms with Crippen LogP contribution < -0.4 is 0 Å². The molecule has 0 amide bonds. The SMILES string of the molecule is CC[C@@H]1C2=C(CC(C)(C)CC2=O)OC1(C)C. The molecule has 1 heterocycles. The Morgan fingerprint density at radius 3 is 2.44 bits per heavy atom. The molecule has 0 bridgehead atoms. The average molecular weight is 222 g/mol. The Bertz CT molecular complexity index is 361. The zero-order valence-electron chi connectivity index (χ0n) is 11.0. The third-order valence-electron chi connectivity index (χ3n) is 3.86. The molecule has 0 radical (unpaired) electrons. The monoisotopic (exact) mass is 222 g/mol. The van der Waals surface area contributed by atoms with E-state index in [9.17, 15) is 4.79 Å². The molecule has 0 aromatic heterocycles. The molecule has 2 rings (SSSR count). The summed E-state index contributed by atoms with van der Waals surface area (Å²) in [5.41, 5.74) is 0.858. The van der Waals surface area contributed by atoms with Crippen molar-refractivity contribution >= 4 is 5.78 Å². The maximum atomic E-state index is 12.2. The Morgan fingerprint density at radius 2 is 1.88 bits per heavy atom. The van der Waals surface area contributed by atoms with Gasteiger partial charge >= 0.3 is 0 Å². The molecular weight excluding hydrogens is 200 g/mol. The third kappa shape index (κ3) is 1.68. The van der Waals surface area contributed by atoms with Gasteiger partial charge in [-0.2, -0.15) is 0 Å². The Balaban J connectivity index is 2.40. The molecule has 90 valence electrons. The normalized spacial score (nSPS) is 31.3. The summed E-state index contributed by atoms with van der Waals surface area (Å²) in [6.45, 7) is 10.6. The maximum absolute atomic E-state index is 12.2. The number of Topliss-reactive ketones (excluding diaryl/α,β-unsaturated/α-hetero) is 1. The van der Waals surface area contributed by atoms with Gasteiger partial charge in [-0.05, 0) is 25.7 Å². The van der Waals surface area contributed by atoms with E-state index in [4.69, 9.17) is 4.74 Å². The first-order chi connectivity index (χ1) is 7.27. The molecule has 0 N–H and O–H groups in total. The van der Waals surface area contributed by atoms with Crippen LogP contribution in [-0.2, 0) is 9.53 Å². The Kier molecular flexibility index (Phi) is 2.45. The van der Waals surface area contributed by atoms with Crippen molar-refractivity contribution in [3.8, 4) is 0 Å². The molecule has 2 heteroatoms. The highest BCUT2D eigenvalue weighted by atomic mass is 16.5. The predicted octanol–water partition coefficient (Wildman–Crippen LogP) is 3.46. The summed E-state index contributed by atoms with van der Waals surface area (Å²) in [6.07, 6.45) is 2.56. The molecule has 0 aromatic carbocycles. The molecule has 1 aliphatic carbocycles. The molecule has 1 atom stereocenters. The van der Waals surface area contributed by atoms with Crippen LogP contribution in [0.4, 0.5) is 0 Å². The van der Waals surface area contributed by atoms with Gasteiger partial charge in [-0.1, -0.05) is 20.8 Å². The molecule has 16 heavy (non-hydrogen) atoms. The molecule has 0 spiro atoms. The number of ketones is 1. The van der Waals surface area contributed by atoms with E-state index in [-0.39, 0.29) is 16.9 Å². The van der Waals surface area contributed by atoms with Crippen molar-refractivity contribution in [3.05, 3.63) is 11.3 Å². The Labute approximate surface area is 98.1 Å². The fourth-order valence-corrected chi connectivity index (χ4v) is 3.19. The molecule has 0 fully saturated rings. The first kappa shape index (κ1) is 11.7. The van der Waals surface area contributed by atoms with E-state index in [0.29, 0.717) is 12.2 Å². The second kappa shape index (κ2) is 3.35. The van der Waals surface area contributed by atoms with Gasteiger partial charge in [-0.25, -0.2) is 0 Å². The molecule has 0 saturated carbocycles. The van der Waals surface area contributed by atoms with Crippen molar-refractivity contribution in [2.75, 3.05) is 0 Å². The lowest BCUT2D eigenvalue weighted by atomic mass is 9.72. The van der Waals surface area contributed by atoms with Crippen molar-refractivity contribution in [1.82, 2.24) is 0 Å². The third-order valence-corrected chi connectivity index (χ3v) is 3.86. The summed E-state index contributed by atoms with van der Waals surface area (Å²) in [5.74, 6) is 1.56. The predicted molar refractivity (Wildman–Crippen MR) is 64.0 cm³/mol.